The second kappa shape index (κ2) is 8.28. The summed E-state index contributed by atoms with van der Waals surface area (Å²) in [4.78, 5) is 7.16. The summed E-state index contributed by atoms with van der Waals surface area (Å²) >= 11 is 0. The van der Waals surface area contributed by atoms with Crippen molar-refractivity contribution in [1.82, 2.24) is 9.21 Å². The first kappa shape index (κ1) is 21.6. The van der Waals surface area contributed by atoms with Gasteiger partial charge in [-0.05, 0) is 62.4 Å². The van der Waals surface area contributed by atoms with Crippen LogP contribution in [0.1, 0.15) is 18.1 Å². The summed E-state index contributed by atoms with van der Waals surface area (Å²) in [6.07, 6.45) is 0. The lowest BCUT2D eigenvalue weighted by Gasteiger charge is -2.40. The summed E-state index contributed by atoms with van der Waals surface area (Å²) in [6, 6.07) is 18.3. The predicted molar refractivity (Wildman–Crippen MR) is 125 cm³/mol. The zero-order chi connectivity index (χ0) is 23.2. The van der Waals surface area contributed by atoms with Crippen molar-refractivity contribution in [2.45, 2.75) is 24.8 Å². The number of sulfonamides is 1. The van der Waals surface area contributed by atoms with Crippen molar-refractivity contribution in [2.75, 3.05) is 19.6 Å². The van der Waals surface area contributed by atoms with Gasteiger partial charge in [-0.15, -0.1) is 0 Å². The molecule has 0 aromatic heterocycles. The van der Waals surface area contributed by atoms with Crippen molar-refractivity contribution in [2.24, 2.45) is 4.99 Å². The average molecular weight is 466 g/mol. The molecule has 1 fully saturated rings. The Kier molecular flexibility index (Phi) is 5.42. The second-order valence-corrected chi connectivity index (χ2v) is 10.3. The predicted octanol–water partition coefficient (Wildman–Crippen LogP) is 4.71. The molecular formula is C25H24FN3O3S. The van der Waals surface area contributed by atoms with Crippen LogP contribution < -0.4 is 4.74 Å². The van der Waals surface area contributed by atoms with Crippen molar-refractivity contribution in [3.63, 3.8) is 0 Å². The Morgan fingerprint density at radius 3 is 2.52 bits per heavy atom. The van der Waals surface area contributed by atoms with Gasteiger partial charge in [0.15, 0.2) is 5.75 Å². The lowest BCUT2D eigenvalue weighted by atomic mass is 10.1. The van der Waals surface area contributed by atoms with Crippen LogP contribution in [0, 0.1) is 12.7 Å². The number of amidine groups is 1. The summed E-state index contributed by atoms with van der Waals surface area (Å²) in [5.74, 6) is 1.71. The molecule has 5 rings (SSSR count). The molecular weight excluding hydrogens is 441 g/mol. The number of ether oxygens (including phenoxy) is 1. The van der Waals surface area contributed by atoms with E-state index in [0.29, 0.717) is 25.4 Å². The molecule has 0 bridgehead atoms. The molecule has 2 heterocycles. The minimum Gasteiger partial charge on any atom is -0.454 e. The van der Waals surface area contributed by atoms with Crippen LogP contribution in [0.4, 0.5) is 10.1 Å². The number of nitrogens with zero attached hydrogens (tertiary/aromatic N) is 3. The smallest absolute Gasteiger partial charge is 0.243 e. The number of aliphatic imine (C=N–C) groups is 1. The van der Waals surface area contributed by atoms with Crippen LogP contribution in [-0.2, 0) is 10.0 Å². The Morgan fingerprint density at radius 2 is 1.76 bits per heavy atom. The zero-order valence-electron chi connectivity index (χ0n) is 18.4. The van der Waals surface area contributed by atoms with Crippen LogP contribution in [0.5, 0.6) is 11.5 Å². The fourth-order valence-corrected chi connectivity index (χ4v) is 5.92. The molecule has 3 aromatic rings. The molecule has 8 heteroatoms. The van der Waals surface area contributed by atoms with Gasteiger partial charge in [0.2, 0.25) is 10.0 Å². The summed E-state index contributed by atoms with van der Waals surface area (Å²) in [6.45, 7) is 5.13. The lowest BCUT2D eigenvalue weighted by molar-refractivity contribution is 0.205. The van der Waals surface area contributed by atoms with E-state index in [4.69, 9.17) is 9.73 Å². The standard InChI is InChI=1S/C25H24FN3O3S/c1-17-7-12-23-21(15-17)25(27-22-5-3-4-6-24(22)32-23)28-13-14-29(18(2)16-28)33(30,31)20-10-8-19(26)9-11-20/h3-12,15,18H,13-14,16H2,1-2H3/t18-/m1/s1. The van der Waals surface area contributed by atoms with E-state index in [1.54, 1.807) is 0 Å². The topological polar surface area (TPSA) is 62.2 Å². The maximum absolute atomic E-state index is 13.3. The van der Waals surface area contributed by atoms with Crippen LogP contribution in [0.15, 0.2) is 76.6 Å². The maximum Gasteiger partial charge on any atom is 0.243 e. The van der Waals surface area contributed by atoms with Gasteiger partial charge in [0.25, 0.3) is 0 Å². The number of fused-ring (bicyclic) bond motifs is 2. The van der Waals surface area contributed by atoms with Crippen LogP contribution in [0.25, 0.3) is 0 Å². The van der Waals surface area contributed by atoms with Crippen molar-refractivity contribution < 1.29 is 17.5 Å². The first-order valence-electron chi connectivity index (χ1n) is 10.8. The number of aryl methyl sites for hydroxylation is 1. The van der Waals surface area contributed by atoms with E-state index < -0.39 is 15.8 Å². The normalized spacial score (nSPS) is 18.6. The number of rotatable bonds is 2. The van der Waals surface area contributed by atoms with Crippen molar-refractivity contribution >= 4 is 21.5 Å². The molecule has 0 spiro atoms. The largest absolute Gasteiger partial charge is 0.454 e. The van der Waals surface area contributed by atoms with Gasteiger partial charge in [-0.25, -0.2) is 17.8 Å². The number of piperazine rings is 1. The molecule has 33 heavy (non-hydrogen) atoms. The van der Waals surface area contributed by atoms with Gasteiger partial charge < -0.3 is 9.64 Å². The van der Waals surface area contributed by atoms with Gasteiger partial charge in [-0.2, -0.15) is 4.31 Å². The van der Waals surface area contributed by atoms with E-state index >= 15 is 0 Å². The highest BCUT2D eigenvalue weighted by Gasteiger charge is 2.36. The zero-order valence-corrected chi connectivity index (χ0v) is 19.2. The Hall–Kier alpha value is -3.23. The molecule has 1 saturated heterocycles. The van der Waals surface area contributed by atoms with Gasteiger partial charge >= 0.3 is 0 Å². The molecule has 0 radical (unpaired) electrons. The van der Waals surface area contributed by atoms with Gasteiger partial charge in [0.05, 0.1) is 10.5 Å². The molecule has 0 unspecified atom stereocenters. The number of hydrogen-bond acceptors (Lipinski definition) is 5. The van der Waals surface area contributed by atoms with Crippen LogP contribution in [0.2, 0.25) is 0 Å². The summed E-state index contributed by atoms with van der Waals surface area (Å²) in [7, 11) is -3.73. The maximum atomic E-state index is 13.3. The van der Waals surface area contributed by atoms with Crippen molar-refractivity contribution in [3.05, 3.63) is 83.7 Å². The van der Waals surface area contributed by atoms with Crippen LogP contribution in [0.3, 0.4) is 0 Å². The molecule has 0 saturated carbocycles. The highest BCUT2D eigenvalue weighted by molar-refractivity contribution is 7.89. The monoisotopic (exact) mass is 465 g/mol. The number of hydrogen-bond donors (Lipinski definition) is 0. The molecule has 0 aliphatic carbocycles. The quantitative estimate of drug-likeness (QED) is 0.550. The van der Waals surface area contributed by atoms with Gasteiger partial charge in [-0.3, -0.25) is 0 Å². The van der Waals surface area contributed by atoms with E-state index in [9.17, 15) is 12.8 Å². The molecule has 2 aliphatic heterocycles. The highest BCUT2D eigenvalue weighted by atomic mass is 32.2. The number of para-hydroxylation sites is 2. The van der Waals surface area contributed by atoms with Gasteiger partial charge in [0, 0.05) is 25.7 Å². The van der Waals surface area contributed by atoms with Gasteiger partial charge in [-0.1, -0.05) is 23.8 Å². The Morgan fingerprint density at radius 1 is 1.00 bits per heavy atom. The van der Waals surface area contributed by atoms with Crippen LogP contribution in [-0.4, -0.2) is 49.1 Å². The molecule has 0 amide bonds. The van der Waals surface area contributed by atoms with Crippen molar-refractivity contribution in [3.8, 4) is 11.5 Å². The third-order valence-electron chi connectivity index (χ3n) is 5.97. The Bertz CT molecular complexity index is 1340. The van der Waals surface area contributed by atoms with E-state index in [-0.39, 0.29) is 10.9 Å². The summed E-state index contributed by atoms with van der Waals surface area (Å²) in [5.41, 5.74) is 2.70. The molecule has 6 nitrogen and oxygen atoms in total. The van der Waals surface area contributed by atoms with Crippen molar-refractivity contribution in [1.29, 1.82) is 0 Å². The SMILES string of the molecule is Cc1ccc2c(c1)C(N1CCN(S(=O)(=O)c3ccc(F)cc3)[C@H](C)C1)=Nc1ccccc1O2. The first-order chi connectivity index (χ1) is 15.8. The Labute approximate surface area is 193 Å². The minimum absolute atomic E-state index is 0.0966. The lowest BCUT2D eigenvalue weighted by Crippen LogP contribution is -2.55. The molecule has 0 N–H and O–H groups in total. The van der Waals surface area contributed by atoms with E-state index in [1.807, 2.05) is 56.3 Å². The molecule has 1 atom stereocenters. The highest BCUT2D eigenvalue weighted by Crippen LogP contribution is 2.38. The van der Waals surface area contributed by atoms with E-state index in [1.165, 1.54) is 28.6 Å². The molecule has 2 aliphatic rings. The van der Waals surface area contributed by atoms with Crippen LogP contribution >= 0.6 is 0 Å². The fourth-order valence-electron chi connectivity index (χ4n) is 4.31. The Balaban J connectivity index is 1.48. The van der Waals surface area contributed by atoms with E-state index in [0.717, 1.165) is 28.4 Å². The second-order valence-electron chi connectivity index (χ2n) is 8.37. The number of halogens is 1. The third-order valence-corrected chi connectivity index (χ3v) is 8.00. The molecule has 3 aromatic carbocycles. The van der Waals surface area contributed by atoms with Gasteiger partial charge in [0.1, 0.15) is 23.1 Å². The first-order valence-corrected chi connectivity index (χ1v) is 12.3. The van der Waals surface area contributed by atoms with E-state index in [2.05, 4.69) is 4.90 Å². The number of benzene rings is 3. The summed E-state index contributed by atoms with van der Waals surface area (Å²) in [5, 5.41) is 0. The average Bonchev–Trinajstić information content (AvgIpc) is 2.95. The molecule has 170 valence electrons. The third kappa shape index (κ3) is 4.00. The minimum atomic E-state index is -3.73. The summed E-state index contributed by atoms with van der Waals surface area (Å²) < 4.78 is 47.3. The fraction of sp³-hybridized carbons (Fsp3) is 0.240.